The molecule has 1 rings (SSSR count). The molecular weight excluding hydrogens is 298 g/mol. The van der Waals surface area contributed by atoms with E-state index in [1.54, 1.807) is 0 Å². The molecular formula is C12H19N3O5S. The van der Waals surface area contributed by atoms with Crippen LogP contribution in [-0.2, 0) is 14.8 Å². The van der Waals surface area contributed by atoms with Crippen LogP contribution in [0.3, 0.4) is 0 Å². The van der Waals surface area contributed by atoms with E-state index in [0.717, 1.165) is 25.0 Å². The number of sulfonamides is 1. The molecule has 0 aromatic heterocycles. The van der Waals surface area contributed by atoms with Crippen molar-refractivity contribution in [2.45, 2.75) is 24.7 Å². The summed E-state index contributed by atoms with van der Waals surface area (Å²) in [6, 6.07) is 3.29. The first-order chi connectivity index (χ1) is 9.88. The van der Waals surface area contributed by atoms with Gasteiger partial charge in [0.15, 0.2) is 0 Å². The summed E-state index contributed by atoms with van der Waals surface area (Å²) in [7, 11) is -3.90. The average molecular weight is 317 g/mol. The normalized spacial score (nSPS) is 11.5. The fourth-order valence-electron chi connectivity index (χ4n) is 1.54. The lowest BCUT2D eigenvalue weighted by Crippen LogP contribution is -2.28. The van der Waals surface area contributed by atoms with Gasteiger partial charge in [0.05, 0.1) is 17.2 Å². The van der Waals surface area contributed by atoms with Gasteiger partial charge in [0, 0.05) is 25.3 Å². The summed E-state index contributed by atoms with van der Waals surface area (Å²) in [6.07, 6.45) is 1.90. The molecule has 3 N–H and O–H groups in total. The Balaban J connectivity index is 2.70. The largest absolute Gasteiger partial charge is 0.398 e. The fourth-order valence-corrected chi connectivity index (χ4v) is 2.71. The molecule has 0 atom stereocenters. The highest BCUT2D eigenvalue weighted by atomic mass is 32.2. The van der Waals surface area contributed by atoms with Crippen LogP contribution in [0, 0.1) is 10.1 Å². The summed E-state index contributed by atoms with van der Waals surface area (Å²) in [4.78, 5) is 9.71. The highest BCUT2D eigenvalue weighted by molar-refractivity contribution is 7.89. The molecule has 0 amide bonds. The first-order valence-corrected chi connectivity index (χ1v) is 7.98. The molecule has 0 aliphatic heterocycles. The number of benzene rings is 1. The van der Waals surface area contributed by atoms with Gasteiger partial charge in [-0.15, -0.1) is 0 Å². The number of nitro groups is 1. The van der Waals surface area contributed by atoms with Gasteiger partial charge in [-0.05, 0) is 12.5 Å². The van der Waals surface area contributed by atoms with Crippen LogP contribution < -0.4 is 10.5 Å². The van der Waals surface area contributed by atoms with Gasteiger partial charge in [0.25, 0.3) is 5.69 Å². The van der Waals surface area contributed by atoms with Gasteiger partial charge in [0.2, 0.25) is 10.0 Å². The Kier molecular flexibility index (Phi) is 6.53. The quantitative estimate of drug-likeness (QED) is 0.306. The molecule has 1 aromatic rings. The number of nitrogens with one attached hydrogen (secondary N) is 1. The zero-order valence-electron chi connectivity index (χ0n) is 11.7. The molecule has 1 aromatic carbocycles. The number of hydrogen-bond donors (Lipinski definition) is 2. The van der Waals surface area contributed by atoms with Crippen LogP contribution in [0.4, 0.5) is 11.4 Å². The van der Waals surface area contributed by atoms with Gasteiger partial charge in [0.1, 0.15) is 4.90 Å². The Hall–Kier alpha value is -1.71. The minimum absolute atomic E-state index is 0.0417. The molecule has 0 spiro atoms. The number of nitrogen functional groups attached to an aromatic ring is 1. The lowest BCUT2D eigenvalue weighted by atomic mass is 10.3. The maximum Gasteiger partial charge on any atom is 0.270 e. The van der Waals surface area contributed by atoms with E-state index in [4.69, 9.17) is 10.5 Å². The van der Waals surface area contributed by atoms with Crippen molar-refractivity contribution in [3.8, 4) is 0 Å². The third kappa shape index (κ3) is 5.29. The van der Waals surface area contributed by atoms with Crippen LogP contribution in [0.2, 0.25) is 0 Å². The third-order valence-electron chi connectivity index (χ3n) is 2.68. The number of ether oxygens (including phenoxy) is 1. The molecule has 0 saturated carbocycles. The van der Waals surface area contributed by atoms with Crippen LogP contribution >= 0.6 is 0 Å². The predicted molar refractivity (Wildman–Crippen MR) is 78.4 cm³/mol. The minimum Gasteiger partial charge on any atom is -0.398 e. The van der Waals surface area contributed by atoms with Crippen molar-refractivity contribution in [2.24, 2.45) is 0 Å². The Morgan fingerprint density at radius 2 is 2.10 bits per heavy atom. The lowest BCUT2D eigenvalue weighted by Gasteiger charge is -2.09. The van der Waals surface area contributed by atoms with E-state index in [2.05, 4.69) is 4.72 Å². The molecule has 9 heteroatoms. The topological polar surface area (TPSA) is 125 Å². The van der Waals surface area contributed by atoms with Crippen LogP contribution in [-0.4, -0.2) is 33.1 Å². The van der Waals surface area contributed by atoms with E-state index in [1.165, 1.54) is 6.07 Å². The van der Waals surface area contributed by atoms with E-state index in [1.807, 2.05) is 6.92 Å². The van der Waals surface area contributed by atoms with Crippen molar-refractivity contribution in [2.75, 3.05) is 25.5 Å². The van der Waals surface area contributed by atoms with E-state index in [-0.39, 0.29) is 29.4 Å². The Bertz CT molecular complexity index is 589. The van der Waals surface area contributed by atoms with Gasteiger partial charge in [-0.3, -0.25) is 10.1 Å². The minimum atomic E-state index is -3.90. The molecule has 8 nitrogen and oxygen atoms in total. The monoisotopic (exact) mass is 317 g/mol. The summed E-state index contributed by atoms with van der Waals surface area (Å²) in [5, 5.41) is 10.7. The van der Waals surface area contributed by atoms with Crippen LogP contribution in [0.1, 0.15) is 19.8 Å². The van der Waals surface area contributed by atoms with Crippen molar-refractivity contribution >= 4 is 21.4 Å². The molecule has 0 saturated heterocycles. The van der Waals surface area contributed by atoms with Gasteiger partial charge in [-0.1, -0.05) is 13.3 Å². The molecule has 0 fully saturated rings. The van der Waals surface area contributed by atoms with E-state index in [9.17, 15) is 18.5 Å². The molecule has 0 aliphatic carbocycles. The third-order valence-corrected chi connectivity index (χ3v) is 4.19. The van der Waals surface area contributed by atoms with Gasteiger partial charge >= 0.3 is 0 Å². The number of unbranched alkanes of at least 4 members (excludes halogenated alkanes) is 1. The zero-order valence-corrected chi connectivity index (χ0v) is 12.6. The number of non-ortho nitro benzene ring substituents is 1. The maximum absolute atomic E-state index is 12.0. The van der Waals surface area contributed by atoms with Crippen LogP contribution in [0.5, 0.6) is 0 Å². The second-order valence-corrected chi connectivity index (χ2v) is 6.08. The molecule has 0 radical (unpaired) electrons. The Morgan fingerprint density at radius 3 is 2.71 bits per heavy atom. The highest BCUT2D eigenvalue weighted by Crippen LogP contribution is 2.23. The van der Waals surface area contributed by atoms with Crippen molar-refractivity contribution in [1.29, 1.82) is 0 Å². The number of nitrogens with two attached hydrogens (primary N) is 1. The van der Waals surface area contributed by atoms with Crippen LogP contribution in [0.15, 0.2) is 23.1 Å². The van der Waals surface area contributed by atoms with Crippen molar-refractivity contribution in [3.05, 3.63) is 28.3 Å². The first kappa shape index (κ1) is 17.3. The van der Waals surface area contributed by atoms with Gasteiger partial charge in [-0.2, -0.15) is 0 Å². The SMILES string of the molecule is CCCCOCCNS(=O)(=O)c1cc([N+](=O)[O-])ccc1N. The second kappa shape index (κ2) is 7.91. The summed E-state index contributed by atoms with van der Waals surface area (Å²) >= 11 is 0. The fraction of sp³-hybridized carbons (Fsp3) is 0.500. The smallest absolute Gasteiger partial charge is 0.270 e. The van der Waals surface area contributed by atoms with E-state index in [0.29, 0.717) is 6.61 Å². The van der Waals surface area contributed by atoms with E-state index >= 15 is 0 Å². The average Bonchev–Trinajstić information content (AvgIpc) is 2.42. The molecule has 118 valence electrons. The summed E-state index contributed by atoms with van der Waals surface area (Å²) in [5.41, 5.74) is 5.20. The summed E-state index contributed by atoms with van der Waals surface area (Å²) in [5.74, 6) is 0. The Morgan fingerprint density at radius 1 is 1.38 bits per heavy atom. The lowest BCUT2D eigenvalue weighted by molar-refractivity contribution is -0.385. The maximum atomic E-state index is 12.0. The second-order valence-electron chi connectivity index (χ2n) is 4.34. The number of nitro benzene ring substituents is 1. The number of hydrogen-bond acceptors (Lipinski definition) is 6. The zero-order chi connectivity index (χ0) is 15.9. The Labute approximate surface area is 123 Å². The van der Waals surface area contributed by atoms with Crippen molar-refractivity contribution < 1.29 is 18.1 Å². The number of rotatable bonds is 9. The highest BCUT2D eigenvalue weighted by Gasteiger charge is 2.20. The van der Waals surface area contributed by atoms with Crippen molar-refractivity contribution in [3.63, 3.8) is 0 Å². The van der Waals surface area contributed by atoms with Gasteiger partial charge in [-0.25, -0.2) is 13.1 Å². The predicted octanol–water partition coefficient (Wildman–Crippen LogP) is 1.27. The van der Waals surface area contributed by atoms with Crippen molar-refractivity contribution in [1.82, 2.24) is 4.72 Å². The van der Waals surface area contributed by atoms with Gasteiger partial charge < -0.3 is 10.5 Å². The van der Waals surface area contributed by atoms with Crippen LogP contribution in [0.25, 0.3) is 0 Å². The summed E-state index contributed by atoms with van der Waals surface area (Å²) < 4.78 is 31.6. The molecule has 0 unspecified atom stereocenters. The molecule has 21 heavy (non-hydrogen) atoms. The number of anilines is 1. The molecule has 0 heterocycles. The summed E-state index contributed by atoms with van der Waals surface area (Å²) in [6.45, 7) is 2.90. The standard InChI is InChI=1S/C12H19N3O5S/c1-2-3-7-20-8-6-14-21(18,19)12-9-10(15(16)17)4-5-11(12)13/h4-5,9,14H,2-3,6-8,13H2,1H3. The van der Waals surface area contributed by atoms with E-state index < -0.39 is 14.9 Å². The molecule has 0 aliphatic rings. The first-order valence-electron chi connectivity index (χ1n) is 6.50. The molecule has 0 bridgehead atoms. The number of nitrogens with zero attached hydrogens (tertiary/aromatic N) is 1.